The van der Waals surface area contributed by atoms with Crippen molar-refractivity contribution >= 4 is 43.6 Å². The second-order valence-electron chi connectivity index (χ2n) is 13.3. The SMILES string of the molecule is N#Cc1ccc2c(c1)c1cc(C#N)ccc1n2-c1ccc2c(c1)c1ccccc1n2-c1ccc(-c2cc(-c3ccccc3)nc(-c3ccccc3)n2)cc1. The van der Waals surface area contributed by atoms with Crippen LogP contribution in [0, 0.1) is 22.7 Å². The fourth-order valence-electron chi connectivity index (χ4n) is 7.67. The van der Waals surface area contributed by atoms with E-state index in [1.807, 2.05) is 84.9 Å². The molecular weight excluding hydrogens is 661 g/mol. The third-order valence-electron chi connectivity index (χ3n) is 10.2. The average Bonchev–Trinajstić information content (AvgIpc) is 3.75. The number of benzene rings is 7. The Morgan fingerprint density at radius 3 is 1.44 bits per heavy atom. The molecule has 0 atom stereocenters. The summed E-state index contributed by atoms with van der Waals surface area (Å²) in [5.41, 5.74) is 12.1. The molecular formula is C48H28N6. The van der Waals surface area contributed by atoms with Gasteiger partial charge >= 0.3 is 0 Å². The van der Waals surface area contributed by atoms with Crippen molar-refractivity contribution in [3.8, 4) is 57.4 Å². The monoisotopic (exact) mass is 688 g/mol. The van der Waals surface area contributed by atoms with E-state index >= 15 is 0 Å². The Morgan fingerprint density at radius 2 is 0.833 bits per heavy atom. The van der Waals surface area contributed by atoms with E-state index < -0.39 is 0 Å². The zero-order valence-electron chi connectivity index (χ0n) is 28.8. The normalized spacial score (nSPS) is 11.3. The van der Waals surface area contributed by atoms with Crippen molar-refractivity contribution in [2.24, 2.45) is 0 Å². The van der Waals surface area contributed by atoms with Crippen LogP contribution in [0.15, 0.2) is 170 Å². The topological polar surface area (TPSA) is 83.2 Å². The Kier molecular flexibility index (Phi) is 7.15. The molecule has 250 valence electrons. The van der Waals surface area contributed by atoms with Gasteiger partial charge in [-0.1, -0.05) is 91.0 Å². The summed E-state index contributed by atoms with van der Waals surface area (Å²) in [6, 6.07) is 62.2. The fraction of sp³-hybridized carbons (Fsp3) is 0. The van der Waals surface area contributed by atoms with Gasteiger partial charge in [0, 0.05) is 49.6 Å². The molecule has 0 radical (unpaired) electrons. The van der Waals surface area contributed by atoms with Crippen LogP contribution < -0.4 is 0 Å². The molecule has 6 heteroatoms. The first-order chi connectivity index (χ1) is 26.7. The van der Waals surface area contributed by atoms with Crippen molar-refractivity contribution in [2.75, 3.05) is 0 Å². The molecule has 3 heterocycles. The summed E-state index contributed by atoms with van der Waals surface area (Å²) >= 11 is 0. The molecule has 7 aromatic carbocycles. The summed E-state index contributed by atoms with van der Waals surface area (Å²) in [6.07, 6.45) is 0. The minimum absolute atomic E-state index is 0.585. The lowest BCUT2D eigenvalue weighted by Gasteiger charge is -2.12. The number of hydrogen-bond donors (Lipinski definition) is 0. The predicted molar refractivity (Wildman–Crippen MR) is 216 cm³/mol. The molecule has 0 aliphatic heterocycles. The third kappa shape index (κ3) is 5.02. The highest BCUT2D eigenvalue weighted by atomic mass is 15.0. The smallest absolute Gasteiger partial charge is 0.160 e. The molecule has 6 nitrogen and oxygen atoms in total. The van der Waals surface area contributed by atoms with E-state index in [0.29, 0.717) is 17.0 Å². The van der Waals surface area contributed by atoms with Gasteiger partial charge in [0.15, 0.2) is 5.82 Å². The van der Waals surface area contributed by atoms with Gasteiger partial charge in [-0.3, -0.25) is 0 Å². The van der Waals surface area contributed by atoms with Crippen LogP contribution in [0.3, 0.4) is 0 Å². The zero-order valence-corrected chi connectivity index (χ0v) is 28.8. The van der Waals surface area contributed by atoms with Crippen molar-refractivity contribution < 1.29 is 0 Å². The molecule has 0 aliphatic carbocycles. The van der Waals surface area contributed by atoms with Gasteiger partial charge in [-0.05, 0) is 78.9 Å². The molecule has 0 unspecified atom stereocenters. The molecule has 0 saturated carbocycles. The van der Waals surface area contributed by atoms with Gasteiger partial charge in [-0.25, -0.2) is 9.97 Å². The van der Waals surface area contributed by atoms with Gasteiger partial charge in [0.1, 0.15) is 0 Å². The largest absolute Gasteiger partial charge is 0.309 e. The first kappa shape index (κ1) is 31.0. The lowest BCUT2D eigenvalue weighted by molar-refractivity contribution is 1.16. The number of hydrogen-bond acceptors (Lipinski definition) is 4. The molecule has 0 saturated heterocycles. The van der Waals surface area contributed by atoms with Crippen LogP contribution in [0.2, 0.25) is 0 Å². The van der Waals surface area contributed by atoms with Gasteiger partial charge < -0.3 is 9.13 Å². The molecule has 0 spiro atoms. The van der Waals surface area contributed by atoms with Crippen molar-refractivity contribution in [3.05, 3.63) is 181 Å². The van der Waals surface area contributed by atoms with Gasteiger partial charge in [0.2, 0.25) is 0 Å². The van der Waals surface area contributed by atoms with Gasteiger partial charge in [0.25, 0.3) is 0 Å². The Balaban J connectivity index is 1.11. The maximum absolute atomic E-state index is 9.67. The first-order valence-electron chi connectivity index (χ1n) is 17.7. The molecule has 0 amide bonds. The predicted octanol–water partition coefficient (Wildman–Crippen LogP) is 11.4. The molecule has 0 bridgehead atoms. The summed E-state index contributed by atoms with van der Waals surface area (Å²) in [5, 5.41) is 23.5. The van der Waals surface area contributed by atoms with Gasteiger partial charge in [-0.15, -0.1) is 0 Å². The van der Waals surface area contributed by atoms with Crippen molar-refractivity contribution in [3.63, 3.8) is 0 Å². The quantitative estimate of drug-likeness (QED) is 0.180. The van der Waals surface area contributed by atoms with Crippen LogP contribution in [0.5, 0.6) is 0 Å². The van der Waals surface area contributed by atoms with E-state index in [4.69, 9.17) is 9.97 Å². The Hall–Kier alpha value is -7.80. The van der Waals surface area contributed by atoms with E-state index in [9.17, 15) is 10.5 Å². The second-order valence-corrected chi connectivity index (χ2v) is 13.3. The van der Waals surface area contributed by atoms with Crippen LogP contribution in [0.1, 0.15) is 11.1 Å². The van der Waals surface area contributed by atoms with Gasteiger partial charge in [-0.2, -0.15) is 10.5 Å². The van der Waals surface area contributed by atoms with Crippen LogP contribution in [0.4, 0.5) is 0 Å². The molecule has 0 aliphatic rings. The summed E-state index contributed by atoms with van der Waals surface area (Å²) in [6.45, 7) is 0. The van der Waals surface area contributed by atoms with E-state index in [0.717, 1.165) is 83.1 Å². The van der Waals surface area contributed by atoms with Crippen molar-refractivity contribution in [1.29, 1.82) is 10.5 Å². The summed E-state index contributed by atoms with van der Waals surface area (Å²) in [5.74, 6) is 0.688. The van der Waals surface area contributed by atoms with Crippen LogP contribution in [-0.2, 0) is 0 Å². The number of rotatable bonds is 5. The summed E-state index contributed by atoms with van der Waals surface area (Å²) in [7, 11) is 0. The molecule has 10 aromatic rings. The van der Waals surface area contributed by atoms with Crippen LogP contribution in [0.25, 0.3) is 88.9 Å². The number of nitriles is 2. The Bertz CT molecular complexity index is 3030. The summed E-state index contributed by atoms with van der Waals surface area (Å²) < 4.78 is 4.54. The zero-order chi connectivity index (χ0) is 36.2. The standard InChI is InChI=1S/C48H28N6/c49-29-31-15-22-45-39(25-31)40-26-32(30-50)16-23-46(40)54(45)37-21-24-47-41(27-37)38-13-7-8-14-44(38)53(47)36-19-17-34(18-20-36)43-28-42(33-9-3-1-4-10-33)51-48(52-43)35-11-5-2-6-12-35/h1-28H. The van der Waals surface area contributed by atoms with E-state index in [1.54, 1.807) is 0 Å². The average molecular weight is 689 g/mol. The van der Waals surface area contributed by atoms with Crippen LogP contribution >= 0.6 is 0 Å². The van der Waals surface area contributed by atoms with E-state index in [1.165, 1.54) is 0 Å². The lowest BCUT2D eigenvalue weighted by Crippen LogP contribution is -1.97. The number of para-hydroxylation sites is 1. The molecule has 10 rings (SSSR count). The highest BCUT2D eigenvalue weighted by Crippen LogP contribution is 2.38. The maximum atomic E-state index is 9.67. The Labute approximate surface area is 310 Å². The molecule has 3 aromatic heterocycles. The molecule has 0 fully saturated rings. The first-order valence-corrected chi connectivity index (χ1v) is 17.7. The fourth-order valence-corrected chi connectivity index (χ4v) is 7.67. The second kappa shape index (κ2) is 12.5. The lowest BCUT2D eigenvalue weighted by atomic mass is 10.1. The highest BCUT2D eigenvalue weighted by molar-refractivity contribution is 6.12. The number of fused-ring (bicyclic) bond motifs is 6. The highest BCUT2D eigenvalue weighted by Gasteiger charge is 2.18. The van der Waals surface area contributed by atoms with E-state index in [-0.39, 0.29) is 0 Å². The number of aromatic nitrogens is 4. The van der Waals surface area contributed by atoms with Gasteiger partial charge in [0.05, 0.1) is 56.7 Å². The number of nitrogens with zero attached hydrogens (tertiary/aromatic N) is 6. The minimum Gasteiger partial charge on any atom is -0.309 e. The maximum Gasteiger partial charge on any atom is 0.160 e. The Morgan fingerprint density at radius 1 is 0.370 bits per heavy atom. The molecule has 0 N–H and O–H groups in total. The van der Waals surface area contributed by atoms with Crippen LogP contribution in [-0.4, -0.2) is 19.1 Å². The van der Waals surface area contributed by atoms with E-state index in [2.05, 4.69) is 106 Å². The summed E-state index contributed by atoms with van der Waals surface area (Å²) in [4.78, 5) is 9.99. The third-order valence-corrected chi connectivity index (χ3v) is 10.2. The molecule has 54 heavy (non-hydrogen) atoms. The minimum atomic E-state index is 0.585. The van der Waals surface area contributed by atoms with Crippen molar-refractivity contribution in [2.45, 2.75) is 0 Å². The van der Waals surface area contributed by atoms with Crippen molar-refractivity contribution in [1.82, 2.24) is 19.1 Å².